The van der Waals surface area contributed by atoms with Crippen molar-refractivity contribution in [1.29, 1.82) is 0 Å². The maximum absolute atomic E-state index is 13.1. The van der Waals surface area contributed by atoms with Gasteiger partial charge in [-0.15, -0.1) is 10.2 Å². The molecule has 3 aromatic rings. The van der Waals surface area contributed by atoms with Gasteiger partial charge in [0.05, 0.1) is 5.75 Å². The first-order chi connectivity index (χ1) is 16.5. The van der Waals surface area contributed by atoms with E-state index in [-0.39, 0.29) is 24.6 Å². The van der Waals surface area contributed by atoms with Crippen LogP contribution in [0.15, 0.2) is 59.8 Å². The lowest BCUT2D eigenvalue weighted by Crippen LogP contribution is -2.35. The van der Waals surface area contributed by atoms with Gasteiger partial charge in [-0.25, -0.2) is 0 Å². The Balaban J connectivity index is 1.74. The van der Waals surface area contributed by atoms with Gasteiger partial charge < -0.3 is 20.1 Å². The lowest BCUT2D eigenvalue weighted by molar-refractivity contribution is -0.118. The van der Waals surface area contributed by atoms with Crippen LogP contribution in [0.2, 0.25) is 0 Å². The fraction of sp³-hybridized carbons (Fsp3) is 0.360. The molecule has 2 amide bonds. The molecule has 2 N–H and O–H groups in total. The summed E-state index contributed by atoms with van der Waals surface area (Å²) in [5.41, 5.74) is 8.21. The van der Waals surface area contributed by atoms with E-state index in [1.54, 1.807) is 4.90 Å². The third-order valence-corrected chi connectivity index (χ3v) is 6.51. The number of primary amides is 1. The Morgan fingerprint density at radius 1 is 0.941 bits per heavy atom. The molecule has 8 nitrogen and oxygen atoms in total. The predicted molar refractivity (Wildman–Crippen MR) is 138 cm³/mol. The average molecular weight is 481 g/mol. The van der Waals surface area contributed by atoms with Gasteiger partial charge in [0.15, 0.2) is 11.0 Å². The summed E-state index contributed by atoms with van der Waals surface area (Å²) >= 11 is 1.34. The van der Waals surface area contributed by atoms with Crippen molar-refractivity contribution >= 4 is 35.0 Å². The number of para-hydroxylation sites is 1. The second-order valence-corrected chi connectivity index (χ2v) is 8.60. The standard InChI is InChI=1S/C25H32N6O2S/c1-4-29(5-2)20-14-12-19(13-15-20)24-27-28-25(30(24)6-3)34-18-23(33)31(17-16-22(26)32)21-10-8-7-9-11-21/h7-15H,4-6,16-18H2,1-3H3,(H2,26,32). The van der Waals surface area contributed by atoms with Crippen molar-refractivity contribution < 1.29 is 9.59 Å². The van der Waals surface area contributed by atoms with E-state index in [4.69, 9.17) is 5.73 Å². The van der Waals surface area contributed by atoms with E-state index < -0.39 is 5.91 Å². The van der Waals surface area contributed by atoms with Crippen LogP contribution in [0, 0.1) is 0 Å². The zero-order valence-corrected chi connectivity index (χ0v) is 20.8. The summed E-state index contributed by atoms with van der Waals surface area (Å²) in [5.74, 6) is 0.390. The van der Waals surface area contributed by atoms with Crippen LogP contribution in [-0.2, 0) is 16.1 Å². The number of anilines is 2. The van der Waals surface area contributed by atoms with Gasteiger partial charge in [0.2, 0.25) is 11.8 Å². The summed E-state index contributed by atoms with van der Waals surface area (Å²) in [6, 6.07) is 17.6. The van der Waals surface area contributed by atoms with Crippen LogP contribution in [0.25, 0.3) is 11.4 Å². The molecule has 0 saturated carbocycles. The zero-order valence-electron chi connectivity index (χ0n) is 20.0. The Hall–Kier alpha value is -3.33. The van der Waals surface area contributed by atoms with Crippen molar-refractivity contribution in [3.8, 4) is 11.4 Å². The molecule has 0 aliphatic carbocycles. The normalized spacial score (nSPS) is 10.8. The molecule has 0 bridgehead atoms. The van der Waals surface area contributed by atoms with Crippen molar-refractivity contribution in [2.24, 2.45) is 5.73 Å². The summed E-state index contributed by atoms with van der Waals surface area (Å²) in [5, 5.41) is 9.44. The molecule has 1 aromatic heterocycles. The van der Waals surface area contributed by atoms with Gasteiger partial charge in [-0.3, -0.25) is 9.59 Å². The van der Waals surface area contributed by atoms with E-state index in [0.29, 0.717) is 11.7 Å². The molecule has 0 spiro atoms. The van der Waals surface area contributed by atoms with Crippen LogP contribution in [0.3, 0.4) is 0 Å². The molecule has 0 radical (unpaired) electrons. The van der Waals surface area contributed by atoms with Crippen LogP contribution in [0.4, 0.5) is 11.4 Å². The van der Waals surface area contributed by atoms with Gasteiger partial charge in [-0.05, 0) is 57.2 Å². The Morgan fingerprint density at radius 2 is 1.62 bits per heavy atom. The van der Waals surface area contributed by atoms with Crippen molar-refractivity contribution in [2.45, 2.75) is 38.9 Å². The van der Waals surface area contributed by atoms with Gasteiger partial charge in [0.25, 0.3) is 0 Å². The first-order valence-electron chi connectivity index (χ1n) is 11.5. The van der Waals surface area contributed by atoms with E-state index in [0.717, 1.165) is 30.2 Å². The van der Waals surface area contributed by atoms with Gasteiger partial charge in [-0.2, -0.15) is 0 Å². The number of amides is 2. The smallest absolute Gasteiger partial charge is 0.237 e. The number of carbonyl (C=O) groups is 2. The minimum absolute atomic E-state index is 0.101. The highest BCUT2D eigenvalue weighted by Gasteiger charge is 2.20. The molecule has 34 heavy (non-hydrogen) atoms. The molecule has 0 saturated heterocycles. The fourth-order valence-corrected chi connectivity index (χ4v) is 4.61. The van der Waals surface area contributed by atoms with Crippen molar-refractivity contribution in [3.63, 3.8) is 0 Å². The minimum atomic E-state index is -0.441. The number of aromatic nitrogens is 3. The fourth-order valence-electron chi connectivity index (χ4n) is 3.74. The van der Waals surface area contributed by atoms with E-state index in [9.17, 15) is 9.59 Å². The van der Waals surface area contributed by atoms with E-state index in [1.165, 1.54) is 17.4 Å². The van der Waals surface area contributed by atoms with Crippen LogP contribution < -0.4 is 15.5 Å². The molecule has 0 unspecified atom stereocenters. The molecule has 1 heterocycles. The summed E-state index contributed by atoms with van der Waals surface area (Å²) in [4.78, 5) is 28.2. The van der Waals surface area contributed by atoms with Gasteiger partial charge in [0, 0.05) is 49.5 Å². The highest BCUT2D eigenvalue weighted by atomic mass is 32.2. The number of thioether (sulfide) groups is 1. The topological polar surface area (TPSA) is 97.4 Å². The lowest BCUT2D eigenvalue weighted by Gasteiger charge is -2.22. The highest BCUT2D eigenvalue weighted by Crippen LogP contribution is 2.27. The average Bonchev–Trinajstić information content (AvgIpc) is 3.27. The largest absolute Gasteiger partial charge is 0.372 e. The molecule has 0 aliphatic heterocycles. The van der Waals surface area contributed by atoms with E-state index in [1.807, 2.05) is 41.8 Å². The minimum Gasteiger partial charge on any atom is -0.372 e. The van der Waals surface area contributed by atoms with Crippen LogP contribution in [0.1, 0.15) is 27.2 Å². The Labute approximate surface area is 205 Å². The molecular weight excluding hydrogens is 448 g/mol. The first-order valence-corrected chi connectivity index (χ1v) is 12.5. The number of nitrogens with zero attached hydrogens (tertiary/aromatic N) is 5. The van der Waals surface area contributed by atoms with E-state index >= 15 is 0 Å². The van der Waals surface area contributed by atoms with Gasteiger partial charge in [0.1, 0.15) is 0 Å². The molecule has 9 heteroatoms. The quantitative estimate of drug-likeness (QED) is 0.396. The zero-order chi connectivity index (χ0) is 24.5. The maximum Gasteiger partial charge on any atom is 0.237 e. The Kier molecular flexibility index (Phi) is 9.09. The summed E-state index contributed by atoms with van der Waals surface area (Å²) in [7, 11) is 0. The Morgan fingerprint density at radius 3 is 2.21 bits per heavy atom. The third-order valence-electron chi connectivity index (χ3n) is 5.56. The monoisotopic (exact) mass is 480 g/mol. The first kappa shape index (κ1) is 25.3. The van der Waals surface area contributed by atoms with Crippen molar-refractivity contribution in [3.05, 3.63) is 54.6 Å². The molecule has 180 valence electrons. The second-order valence-electron chi connectivity index (χ2n) is 7.66. The number of rotatable bonds is 12. The summed E-state index contributed by atoms with van der Waals surface area (Å²) in [6.07, 6.45) is 0.101. The maximum atomic E-state index is 13.1. The summed E-state index contributed by atoms with van der Waals surface area (Å²) < 4.78 is 2.01. The van der Waals surface area contributed by atoms with Gasteiger partial charge in [-0.1, -0.05) is 30.0 Å². The highest BCUT2D eigenvalue weighted by molar-refractivity contribution is 7.99. The lowest BCUT2D eigenvalue weighted by atomic mass is 10.2. The summed E-state index contributed by atoms with van der Waals surface area (Å²) in [6.45, 7) is 9.15. The Bertz CT molecular complexity index is 1080. The molecule has 0 aliphatic rings. The number of benzene rings is 2. The number of carbonyl (C=O) groups excluding carboxylic acids is 2. The molecule has 0 fully saturated rings. The number of hydrogen-bond donors (Lipinski definition) is 1. The second kappa shape index (κ2) is 12.2. The molecule has 3 rings (SSSR count). The van der Waals surface area contributed by atoms with Crippen LogP contribution >= 0.6 is 11.8 Å². The number of hydrogen-bond acceptors (Lipinski definition) is 6. The third kappa shape index (κ3) is 6.17. The molecule has 2 aromatic carbocycles. The predicted octanol–water partition coefficient (Wildman–Crippen LogP) is 3.81. The number of nitrogens with two attached hydrogens (primary N) is 1. The van der Waals surface area contributed by atoms with Crippen LogP contribution in [-0.4, -0.2) is 52.0 Å². The van der Waals surface area contributed by atoms with Crippen molar-refractivity contribution in [1.82, 2.24) is 14.8 Å². The molecular formula is C25H32N6O2S. The van der Waals surface area contributed by atoms with Gasteiger partial charge >= 0.3 is 0 Å². The SMILES string of the molecule is CCN(CC)c1ccc(-c2nnc(SCC(=O)N(CCC(N)=O)c3ccccc3)n2CC)cc1. The van der Waals surface area contributed by atoms with Crippen molar-refractivity contribution in [2.75, 3.05) is 35.2 Å². The van der Waals surface area contributed by atoms with Crippen LogP contribution in [0.5, 0.6) is 0 Å². The molecule has 0 atom stereocenters. The van der Waals surface area contributed by atoms with E-state index in [2.05, 4.69) is 53.2 Å².